The quantitative estimate of drug-likeness (QED) is 0.893. The van der Waals surface area contributed by atoms with Crippen molar-refractivity contribution in [2.45, 2.75) is 37.1 Å². The van der Waals surface area contributed by atoms with Gasteiger partial charge in [-0.25, -0.2) is 8.78 Å². The van der Waals surface area contributed by atoms with Gasteiger partial charge in [-0.3, -0.25) is 0 Å². The number of ether oxygens (including phenoxy) is 1. The molecule has 1 aromatic rings. The fourth-order valence-electron chi connectivity index (χ4n) is 2.33. The van der Waals surface area contributed by atoms with Crippen LogP contribution in [0, 0.1) is 0 Å². The molecule has 0 heterocycles. The second kappa shape index (κ2) is 4.67. The molecular weight excluding hydrogens is 260 g/mol. The summed E-state index contributed by atoms with van der Waals surface area (Å²) in [5.41, 5.74) is 6.31. The topological polar surface area (TPSA) is 35.2 Å². The first-order valence-electron chi connectivity index (χ1n) is 5.87. The third-order valence-corrected chi connectivity index (χ3v) is 3.90. The second-order valence-electron chi connectivity index (χ2n) is 4.86. The highest BCUT2D eigenvalue weighted by Crippen LogP contribution is 2.43. The summed E-state index contributed by atoms with van der Waals surface area (Å²) < 4.78 is 31.4. The van der Waals surface area contributed by atoms with Crippen molar-refractivity contribution in [2.75, 3.05) is 7.11 Å². The predicted octanol–water partition coefficient (Wildman–Crippen LogP) is 3.71. The summed E-state index contributed by atoms with van der Waals surface area (Å²) in [7, 11) is 1.53. The van der Waals surface area contributed by atoms with Crippen LogP contribution < -0.4 is 10.5 Å². The van der Waals surface area contributed by atoms with Crippen LogP contribution in [0.5, 0.6) is 5.75 Å². The summed E-state index contributed by atoms with van der Waals surface area (Å²) in [5.74, 6) is -2.02. The molecule has 2 N–H and O–H groups in total. The van der Waals surface area contributed by atoms with Gasteiger partial charge in [-0.05, 0) is 30.5 Å². The summed E-state index contributed by atoms with van der Waals surface area (Å²) in [5, 5.41) is 0.456. The Balaban J connectivity index is 2.23. The van der Waals surface area contributed by atoms with Crippen LogP contribution in [0.3, 0.4) is 0 Å². The van der Waals surface area contributed by atoms with Crippen LogP contribution in [0.15, 0.2) is 18.2 Å². The summed E-state index contributed by atoms with van der Waals surface area (Å²) in [6.07, 6.45) is 0.186. The largest absolute Gasteiger partial charge is 0.495 e. The van der Waals surface area contributed by atoms with Gasteiger partial charge in [-0.1, -0.05) is 17.7 Å². The standard InChI is InChI=1S/C13H16ClF2NO/c1-18-11-3-2-9(8-10(11)14)12(17)4-6-13(15,16)7-5-12/h2-3,8H,4-7,17H2,1H3. The van der Waals surface area contributed by atoms with E-state index in [0.717, 1.165) is 5.56 Å². The minimum Gasteiger partial charge on any atom is -0.495 e. The Labute approximate surface area is 110 Å². The lowest BCUT2D eigenvalue weighted by Gasteiger charge is -2.37. The van der Waals surface area contributed by atoms with Crippen molar-refractivity contribution in [1.29, 1.82) is 0 Å². The number of methoxy groups -OCH3 is 1. The lowest BCUT2D eigenvalue weighted by atomic mass is 9.76. The van der Waals surface area contributed by atoms with E-state index < -0.39 is 11.5 Å². The fourth-order valence-corrected chi connectivity index (χ4v) is 2.58. The highest BCUT2D eigenvalue weighted by Gasteiger charge is 2.42. The first-order chi connectivity index (χ1) is 8.36. The molecule has 0 spiro atoms. The molecular formula is C13H16ClF2NO. The number of nitrogens with two attached hydrogens (primary N) is 1. The van der Waals surface area contributed by atoms with Gasteiger partial charge in [0.2, 0.25) is 5.92 Å². The van der Waals surface area contributed by atoms with E-state index in [2.05, 4.69) is 0 Å². The fraction of sp³-hybridized carbons (Fsp3) is 0.538. The van der Waals surface area contributed by atoms with E-state index in [4.69, 9.17) is 22.1 Å². The van der Waals surface area contributed by atoms with Crippen molar-refractivity contribution in [3.05, 3.63) is 28.8 Å². The summed E-state index contributed by atoms with van der Waals surface area (Å²) in [6.45, 7) is 0. The van der Waals surface area contributed by atoms with Gasteiger partial charge in [0, 0.05) is 18.4 Å². The number of hydrogen-bond donors (Lipinski definition) is 1. The molecule has 0 amide bonds. The molecule has 1 saturated carbocycles. The maximum Gasteiger partial charge on any atom is 0.248 e. The maximum absolute atomic E-state index is 13.2. The molecule has 0 aromatic heterocycles. The summed E-state index contributed by atoms with van der Waals surface area (Å²) in [4.78, 5) is 0. The Kier molecular flexibility index (Phi) is 3.52. The third kappa shape index (κ3) is 2.59. The van der Waals surface area contributed by atoms with Crippen LogP contribution in [0.25, 0.3) is 0 Å². The van der Waals surface area contributed by atoms with Gasteiger partial charge < -0.3 is 10.5 Å². The van der Waals surface area contributed by atoms with Crippen molar-refractivity contribution in [2.24, 2.45) is 5.73 Å². The molecule has 1 aromatic carbocycles. The van der Waals surface area contributed by atoms with Crippen LogP contribution in [0.4, 0.5) is 8.78 Å². The summed E-state index contributed by atoms with van der Waals surface area (Å²) >= 11 is 6.04. The molecule has 0 bridgehead atoms. The third-order valence-electron chi connectivity index (χ3n) is 3.60. The minimum absolute atomic E-state index is 0.173. The smallest absolute Gasteiger partial charge is 0.248 e. The van der Waals surface area contributed by atoms with Crippen LogP contribution in [0.1, 0.15) is 31.2 Å². The van der Waals surface area contributed by atoms with Gasteiger partial charge in [0.1, 0.15) is 5.75 Å². The first kappa shape index (κ1) is 13.6. The van der Waals surface area contributed by atoms with Crippen LogP contribution in [-0.4, -0.2) is 13.0 Å². The normalized spacial score (nSPS) is 21.6. The maximum atomic E-state index is 13.2. The van der Waals surface area contributed by atoms with Crippen molar-refractivity contribution in [1.82, 2.24) is 0 Å². The van der Waals surface area contributed by atoms with E-state index in [1.165, 1.54) is 7.11 Å². The zero-order valence-corrected chi connectivity index (χ0v) is 10.9. The number of rotatable bonds is 2. The molecule has 0 atom stereocenters. The second-order valence-corrected chi connectivity index (χ2v) is 5.27. The molecule has 1 fully saturated rings. The summed E-state index contributed by atoms with van der Waals surface area (Å²) in [6, 6.07) is 5.23. The van der Waals surface area contributed by atoms with Crippen molar-refractivity contribution < 1.29 is 13.5 Å². The van der Waals surface area contributed by atoms with Gasteiger partial charge in [0.05, 0.1) is 12.1 Å². The lowest BCUT2D eigenvalue weighted by molar-refractivity contribution is -0.0514. The molecule has 0 radical (unpaired) electrons. The monoisotopic (exact) mass is 275 g/mol. The van der Waals surface area contributed by atoms with E-state index in [1.54, 1.807) is 18.2 Å². The Morgan fingerprint density at radius 2 is 1.83 bits per heavy atom. The van der Waals surface area contributed by atoms with Crippen molar-refractivity contribution >= 4 is 11.6 Å². The van der Waals surface area contributed by atoms with E-state index in [1.807, 2.05) is 0 Å². The van der Waals surface area contributed by atoms with Gasteiger partial charge in [-0.15, -0.1) is 0 Å². The van der Waals surface area contributed by atoms with Crippen LogP contribution in [0.2, 0.25) is 5.02 Å². The SMILES string of the molecule is COc1ccc(C2(N)CCC(F)(F)CC2)cc1Cl. The molecule has 18 heavy (non-hydrogen) atoms. The first-order valence-corrected chi connectivity index (χ1v) is 6.25. The number of hydrogen-bond acceptors (Lipinski definition) is 2. The molecule has 2 nitrogen and oxygen atoms in total. The number of benzene rings is 1. The van der Waals surface area contributed by atoms with Gasteiger partial charge in [0.25, 0.3) is 0 Å². The lowest BCUT2D eigenvalue weighted by Crippen LogP contribution is -2.43. The van der Waals surface area contributed by atoms with Gasteiger partial charge in [0.15, 0.2) is 0 Å². The molecule has 1 aliphatic rings. The Bertz CT molecular complexity index is 441. The van der Waals surface area contributed by atoms with E-state index in [9.17, 15) is 8.78 Å². The van der Waals surface area contributed by atoms with E-state index in [0.29, 0.717) is 10.8 Å². The van der Waals surface area contributed by atoms with Gasteiger partial charge in [-0.2, -0.15) is 0 Å². The average molecular weight is 276 g/mol. The van der Waals surface area contributed by atoms with E-state index >= 15 is 0 Å². The molecule has 2 rings (SSSR count). The molecule has 1 aliphatic carbocycles. The van der Waals surface area contributed by atoms with E-state index in [-0.39, 0.29) is 25.7 Å². The molecule has 0 aliphatic heterocycles. The zero-order valence-electron chi connectivity index (χ0n) is 10.2. The molecule has 5 heteroatoms. The Morgan fingerprint density at radius 1 is 1.22 bits per heavy atom. The van der Waals surface area contributed by atoms with Crippen molar-refractivity contribution in [3.63, 3.8) is 0 Å². The average Bonchev–Trinajstić information content (AvgIpc) is 2.33. The zero-order chi connectivity index (χ0) is 13.4. The number of halogens is 3. The van der Waals surface area contributed by atoms with Crippen LogP contribution >= 0.6 is 11.6 Å². The van der Waals surface area contributed by atoms with Crippen molar-refractivity contribution in [3.8, 4) is 5.75 Å². The molecule has 0 unspecified atom stereocenters. The minimum atomic E-state index is -2.58. The van der Waals surface area contributed by atoms with Crippen LogP contribution in [-0.2, 0) is 5.54 Å². The Morgan fingerprint density at radius 3 is 2.33 bits per heavy atom. The van der Waals surface area contributed by atoms with Gasteiger partial charge >= 0.3 is 0 Å². The molecule has 100 valence electrons. The molecule has 0 saturated heterocycles. The number of alkyl halides is 2. The highest BCUT2D eigenvalue weighted by atomic mass is 35.5. The highest BCUT2D eigenvalue weighted by molar-refractivity contribution is 6.32. The Hall–Kier alpha value is -0.870. The predicted molar refractivity (Wildman–Crippen MR) is 67.3 cm³/mol.